The van der Waals surface area contributed by atoms with Crippen molar-refractivity contribution in [3.8, 4) is 0 Å². The SMILES string of the molecule is CN(C)C(CNC(=O)c1ccc(Cn2ccccc2=O)o1)c1cccc(F)c1. The van der Waals surface area contributed by atoms with Crippen molar-refractivity contribution in [2.75, 3.05) is 20.6 Å². The Bertz CT molecular complexity index is 1010. The van der Waals surface area contributed by atoms with Crippen LogP contribution in [0.25, 0.3) is 0 Å². The minimum absolute atomic E-state index is 0.145. The van der Waals surface area contributed by atoms with Gasteiger partial charge in [-0.2, -0.15) is 0 Å². The van der Waals surface area contributed by atoms with Gasteiger partial charge in [0.2, 0.25) is 0 Å². The van der Waals surface area contributed by atoms with Gasteiger partial charge in [-0.25, -0.2) is 4.39 Å². The fourth-order valence-corrected chi connectivity index (χ4v) is 2.93. The number of furan rings is 1. The van der Waals surface area contributed by atoms with Crippen molar-refractivity contribution >= 4 is 5.91 Å². The Kier molecular flexibility index (Phi) is 6.06. The smallest absolute Gasteiger partial charge is 0.287 e. The summed E-state index contributed by atoms with van der Waals surface area (Å²) in [6.07, 6.45) is 1.66. The topological polar surface area (TPSA) is 67.5 Å². The third-order valence-corrected chi connectivity index (χ3v) is 4.42. The van der Waals surface area contributed by atoms with Crippen molar-refractivity contribution in [2.45, 2.75) is 12.6 Å². The second-order valence-electron chi connectivity index (χ2n) is 6.68. The van der Waals surface area contributed by atoms with E-state index in [4.69, 9.17) is 4.42 Å². The maximum absolute atomic E-state index is 13.5. The van der Waals surface area contributed by atoms with Gasteiger partial charge in [-0.15, -0.1) is 0 Å². The Morgan fingerprint density at radius 2 is 2.00 bits per heavy atom. The van der Waals surface area contributed by atoms with Crippen LogP contribution < -0.4 is 10.9 Å². The molecule has 28 heavy (non-hydrogen) atoms. The van der Waals surface area contributed by atoms with Gasteiger partial charge in [-0.1, -0.05) is 18.2 Å². The maximum atomic E-state index is 13.5. The summed E-state index contributed by atoms with van der Waals surface area (Å²) in [5.74, 6) is -0.0131. The van der Waals surface area contributed by atoms with Crippen LogP contribution in [0.3, 0.4) is 0 Å². The molecule has 3 aromatic rings. The number of hydrogen-bond acceptors (Lipinski definition) is 4. The Labute approximate surface area is 162 Å². The number of nitrogens with one attached hydrogen (secondary N) is 1. The molecule has 2 heterocycles. The number of likely N-dealkylation sites (N-methyl/N-ethyl adjacent to an activating group) is 1. The van der Waals surface area contributed by atoms with Gasteiger partial charge in [-0.05, 0) is 50.0 Å². The number of rotatable bonds is 7. The molecule has 0 saturated carbocycles. The highest BCUT2D eigenvalue weighted by atomic mass is 19.1. The highest BCUT2D eigenvalue weighted by Crippen LogP contribution is 2.18. The summed E-state index contributed by atoms with van der Waals surface area (Å²) in [7, 11) is 3.73. The summed E-state index contributed by atoms with van der Waals surface area (Å²) >= 11 is 0. The average Bonchev–Trinajstić information content (AvgIpc) is 3.12. The number of amides is 1. The summed E-state index contributed by atoms with van der Waals surface area (Å²) < 4.78 is 20.6. The van der Waals surface area contributed by atoms with Gasteiger partial charge >= 0.3 is 0 Å². The van der Waals surface area contributed by atoms with E-state index in [1.807, 2.05) is 25.1 Å². The van der Waals surface area contributed by atoms with E-state index >= 15 is 0 Å². The van der Waals surface area contributed by atoms with E-state index in [2.05, 4.69) is 5.32 Å². The van der Waals surface area contributed by atoms with Crippen molar-refractivity contribution in [3.05, 3.63) is 94.0 Å². The number of pyridine rings is 1. The molecule has 2 aromatic heterocycles. The molecular formula is C21H22FN3O3. The lowest BCUT2D eigenvalue weighted by atomic mass is 10.1. The Morgan fingerprint density at radius 3 is 2.71 bits per heavy atom. The third kappa shape index (κ3) is 4.75. The first kappa shape index (κ1) is 19.6. The lowest BCUT2D eigenvalue weighted by molar-refractivity contribution is 0.0912. The first-order chi connectivity index (χ1) is 13.4. The van der Waals surface area contributed by atoms with Crippen LogP contribution in [-0.4, -0.2) is 36.0 Å². The highest BCUT2D eigenvalue weighted by molar-refractivity contribution is 5.91. The van der Waals surface area contributed by atoms with Crippen LogP contribution in [0.5, 0.6) is 0 Å². The zero-order valence-corrected chi connectivity index (χ0v) is 15.8. The molecule has 6 nitrogen and oxygen atoms in total. The highest BCUT2D eigenvalue weighted by Gasteiger charge is 2.18. The van der Waals surface area contributed by atoms with Gasteiger partial charge < -0.3 is 19.2 Å². The number of benzene rings is 1. The Morgan fingerprint density at radius 1 is 1.18 bits per heavy atom. The minimum atomic E-state index is -0.366. The average molecular weight is 383 g/mol. The lowest BCUT2D eigenvalue weighted by Gasteiger charge is -2.25. The van der Waals surface area contributed by atoms with E-state index in [-0.39, 0.29) is 35.6 Å². The normalized spacial score (nSPS) is 12.1. The lowest BCUT2D eigenvalue weighted by Crippen LogP contribution is -2.34. The van der Waals surface area contributed by atoms with Crippen molar-refractivity contribution < 1.29 is 13.6 Å². The van der Waals surface area contributed by atoms with Gasteiger partial charge in [0.1, 0.15) is 11.6 Å². The van der Waals surface area contributed by atoms with Gasteiger partial charge in [0.05, 0.1) is 12.6 Å². The van der Waals surface area contributed by atoms with E-state index in [0.29, 0.717) is 12.3 Å². The minimum Gasteiger partial charge on any atom is -0.454 e. The molecule has 0 saturated heterocycles. The third-order valence-electron chi connectivity index (χ3n) is 4.42. The summed E-state index contributed by atoms with van der Waals surface area (Å²) in [5, 5.41) is 2.82. The van der Waals surface area contributed by atoms with Crippen LogP contribution in [0.4, 0.5) is 4.39 Å². The molecule has 1 atom stereocenters. The first-order valence-electron chi connectivity index (χ1n) is 8.88. The second kappa shape index (κ2) is 8.67. The van der Waals surface area contributed by atoms with Crippen LogP contribution in [0, 0.1) is 5.82 Å². The number of aromatic nitrogens is 1. The number of hydrogen-bond donors (Lipinski definition) is 1. The molecule has 1 unspecified atom stereocenters. The Balaban J connectivity index is 1.65. The van der Waals surface area contributed by atoms with Crippen LogP contribution in [-0.2, 0) is 6.54 Å². The molecule has 0 aliphatic carbocycles. The van der Waals surface area contributed by atoms with E-state index in [0.717, 1.165) is 5.56 Å². The zero-order chi connectivity index (χ0) is 20.1. The van der Waals surface area contributed by atoms with Crippen LogP contribution in [0.2, 0.25) is 0 Å². The standard InChI is InChI=1S/C21H22FN3O3/c1-24(2)18(15-6-5-7-16(22)12-15)13-23-21(27)19-10-9-17(28-19)14-25-11-4-3-8-20(25)26/h3-12,18H,13-14H2,1-2H3,(H,23,27). The quantitative estimate of drug-likeness (QED) is 0.681. The number of carbonyl (C=O) groups is 1. The molecule has 0 spiro atoms. The van der Waals surface area contributed by atoms with Gasteiger partial charge in [0.15, 0.2) is 5.76 Å². The summed E-state index contributed by atoms with van der Waals surface area (Å²) in [6.45, 7) is 0.542. The molecule has 1 amide bonds. The largest absolute Gasteiger partial charge is 0.454 e. The summed E-state index contributed by atoms with van der Waals surface area (Å²) in [5.41, 5.74) is 0.628. The number of halogens is 1. The molecule has 146 valence electrons. The van der Waals surface area contributed by atoms with Gasteiger partial charge in [0, 0.05) is 18.8 Å². The fraction of sp³-hybridized carbons (Fsp3) is 0.238. The second-order valence-corrected chi connectivity index (χ2v) is 6.68. The van der Waals surface area contributed by atoms with E-state index in [1.54, 1.807) is 36.5 Å². The molecule has 0 aliphatic heterocycles. The van der Waals surface area contributed by atoms with Crippen LogP contribution in [0.15, 0.2) is 70.0 Å². The maximum Gasteiger partial charge on any atom is 0.287 e. The Hall–Kier alpha value is -3.19. The van der Waals surface area contributed by atoms with Crippen LogP contribution in [0.1, 0.15) is 27.9 Å². The van der Waals surface area contributed by atoms with E-state index in [9.17, 15) is 14.0 Å². The number of nitrogens with zero attached hydrogens (tertiary/aromatic N) is 2. The fourth-order valence-electron chi connectivity index (χ4n) is 2.93. The molecule has 0 bridgehead atoms. The monoisotopic (exact) mass is 383 g/mol. The van der Waals surface area contributed by atoms with Gasteiger partial charge in [0.25, 0.3) is 11.5 Å². The zero-order valence-electron chi connectivity index (χ0n) is 15.8. The summed E-state index contributed by atoms with van der Waals surface area (Å²) in [6, 6.07) is 14.3. The molecular weight excluding hydrogens is 361 g/mol. The van der Waals surface area contributed by atoms with Crippen LogP contribution >= 0.6 is 0 Å². The van der Waals surface area contributed by atoms with Gasteiger partial charge in [-0.3, -0.25) is 9.59 Å². The molecule has 3 rings (SSSR count). The van der Waals surface area contributed by atoms with E-state index < -0.39 is 0 Å². The van der Waals surface area contributed by atoms with Crippen molar-refractivity contribution in [1.29, 1.82) is 0 Å². The summed E-state index contributed by atoms with van der Waals surface area (Å²) in [4.78, 5) is 26.1. The predicted molar refractivity (Wildman–Crippen MR) is 104 cm³/mol. The van der Waals surface area contributed by atoms with Crippen molar-refractivity contribution in [3.63, 3.8) is 0 Å². The molecule has 1 N–H and O–H groups in total. The molecule has 7 heteroatoms. The molecule has 0 aliphatic rings. The molecule has 0 radical (unpaired) electrons. The molecule has 0 fully saturated rings. The van der Waals surface area contributed by atoms with Crippen molar-refractivity contribution in [1.82, 2.24) is 14.8 Å². The van der Waals surface area contributed by atoms with Crippen molar-refractivity contribution in [2.24, 2.45) is 0 Å². The van der Waals surface area contributed by atoms with E-state index in [1.165, 1.54) is 22.8 Å². The molecule has 1 aromatic carbocycles. The number of carbonyl (C=O) groups excluding carboxylic acids is 1. The predicted octanol–water partition coefficient (Wildman–Crippen LogP) is 2.66. The first-order valence-corrected chi connectivity index (χ1v) is 8.88.